The van der Waals surface area contributed by atoms with Gasteiger partial charge in [-0.3, -0.25) is 0 Å². The van der Waals surface area contributed by atoms with Gasteiger partial charge < -0.3 is 19.9 Å². The van der Waals surface area contributed by atoms with Crippen molar-refractivity contribution in [3.8, 4) is 5.75 Å². The molecule has 0 fully saturated rings. The van der Waals surface area contributed by atoms with Gasteiger partial charge in [-0.2, -0.15) is 0 Å². The Hall–Kier alpha value is -1.10. The number of benzene rings is 1. The molecule has 2 N–H and O–H groups in total. The average Bonchev–Trinajstić information content (AvgIpc) is 2.50. The Kier molecular flexibility index (Phi) is 5.62. The Morgan fingerprint density at radius 1 is 1.38 bits per heavy atom. The number of aliphatic hydroxyl groups is 1. The van der Waals surface area contributed by atoms with Crippen molar-refractivity contribution in [3.63, 3.8) is 0 Å². The zero-order chi connectivity index (χ0) is 15.3. The molecule has 1 aromatic carbocycles. The fourth-order valence-electron chi connectivity index (χ4n) is 2.88. The van der Waals surface area contributed by atoms with Crippen LogP contribution >= 0.6 is 0 Å². The highest BCUT2D eigenvalue weighted by molar-refractivity contribution is 5.39. The number of rotatable bonds is 7. The summed E-state index contributed by atoms with van der Waals surface area (Å²) in [5.74, 6) is 0.918. The maximum absolute atomic E-state index is 10.3. The molecule has 0 bridgehead atoms. The van der Waals surface area contributed by atoms with Gasteiger partial charge in [0.15, 0.2) is 0 Å². The van der Waals surface area contributed by atoms with Crippen LogP contribution < -0.4 is 10.1 Å². The van der Waals surface area contributed by atoms with Gasteiger partial charge in [-0.25, -0.2) is 0 Å². The lowest BCUT2D eigenvalue weighted by molar-refractivity contribution is 0.0222. The van der Waals surface area contributed by atoms with Crippen molar-refractivity contribution in [3.05, 3.63) is 29.3 Å². The molecule has 0 heterocycles. The van der Waals surface area contributed by atoms with E-state index in [0.29, 0.717) is 25.6 Å². The summed E-state index contributed by atoms with van der Waals surface area (Å²) < 4.78 is 10.3. The van der Waals surface area contributed by atoms with E-state index in [1.807, 2.05) is 13.0 Å². The second-order valence-electron chi connectivity index (χ2n) is 6.13. The van der Waals surface area contributed by atoms with Crippen LogP contribution in [0.1, 0.15) is 43.4 Å². The van der Waals surface area contributed by atoms with Gasteiger partial charge in [-0.05, 0) is 49.4 Å². The van der Waals surface area contributed by atoms with Crippen LogP contribution in [0.3, 0.4) is 0 Å². The van der Waals surface area contributed by atoms with Gasteiger partial charge in [0, 0.05) is 32.7 Å². The SMILES string of the molecule is COCCC(C)(O)CNC1CCCc2cc(OC)ccc21. The molecule has 1 aliphatic carbocycles. The van der Waals surface area contributed by atoms with Crippen molar-refractivity contribution >= 4 is 0 Å². The molecule has 2 unspecified atom stereocenters. The summed E-state index contributed by atoms with van der Waals surface area (Å²) in [5.41, 5.74) is 1.96. The molecule has 0 saturated heterocycles. The summed E-state index contributed by atoms with van der Waals surface area (Å²) in [7, 11) is 3.36. The summed E-state index contributed by atoms with van der Waals surface area (Å²) in [6.45, 7) is 3.01. The standard InChI is InChI=1S/C17H27NO3/c1-17(19,9-10-20-2)12-18-16-6-4-5-13-11-14(21-3)7-8-15(13)16/h7-8,11,16,18-19H,4-6,9-10,12H2,1-3H3. The summed E-state index contributed by atoms with van der Waals surface area (Å²) in [6.07, 6.45) is 4.02. The van der Waals surface area contributed by atoms with E-state index in [1.165, 1.54) is 11.1 Å². The fraction of sp³-hybridized carbons (Fsp3) is 0.647. The summed E-state index contributed by atoms with van der Waals surface area (Å²) in [4.78, 5) is 0. The Morgan fingerprint density at radius 2 is 2.19 bits per heavy atom. The van der Waals surface area contributed by atoms with Crippen LogP contribution in [0.25, 0.3) is 0 Å². The second kappa shape index (κ2) is 7.25. The molecule has 21 heavy (non-hydrogen) atoms. The van der Waals surface area contributed by atoms with Gasteiger partial charge >= 0.3 is 0 Å². The van der Waals surface area contributed by atoms with E-state index in [4.69, 9.17) is 9.47 Å². The molecular weight excluding hydrogens is 266 g/mol. The van der Waals surface area contributed by atoms with Crippen molar-refractivity contribution in [2.24, 2.45) is 0 Å². The first kappa shape index (κ1) is 16.3. The molecule has 0 aromatic heterocycles. The molecule has 0 aliphatic heterocycles. The lowest BCUT2D eigenvalue weighted by Crippen LogP contribution is -2.41. The van der Waals surface area contributed by atoms with Crippen molar-refractivity contribution < 1.29 is 14.6 Å². The number of aryl methyl sites for hydroxylation is 1. The molecule has 2 atom stereocenters. The minimum atomic E-state index is -0.736. The first-order valence-corrected chi connectivity index (χ1v) is 7.67. The quantitative estimate of drug-likeness (QED) is 0.811. The zero-order valence-electron chi connectivity index (χ0n) is 13.3. The summed E-state index contributed by atoms with van der Waals surface area (Å²) >= 11 is 0. The predicted octanol–water partition coefficient (Wildman–Crippen LogP) is 2.45. The van der Waals surface area contributed by atoms with Crippen LogP contribution in [0.4, 0.5) is 0 Å². The molecule has 4 nitrogen and oxygen atoms in total. The van der Waals surface area contributed by atoms with E-state index in [9.17, 15) is 5.11 Å². The molecule has 1 aliphatic rings. The normalized spacial score (nSPS) is 20.7. The molecule has 118 valence electrons. The molecule has 0 saturated carbocycles. The van der Waals surface area contributed by atoms with Crippen LogP contribution in [0.15, 0.2) is 18.2 Å². The lowest BCUT2D eigenvalue weighted by atomic mass is 9.87. The van der Waals surface area contributed by atoms with Gasteiger partial charge in [0.2, 0.25) is 0 Å². The molecule has 2 rings (SSSR count). The molecule has 0 spiro atoms. The van der Waals surface area contributed by atoms with E-state index in [0.717, 1.165) is 25.0 Å². The van der Waals surface area contributed by atoms with E-state index >= 15 is 0 Å². The summed E-state index contributed by atoms with van der Waals surface area (Å²) in [6, 6.07) is 6.61. The largest absolute Gasteiger partial charge is 0.497 e. The van der Waals surface area contributed by atoms with Crippen LogP contribution in [0.2, 0.25) is 0 Å². The van der Waals surface area contributed by atoms with Gasteiger partial charge in [0.25, 0.3) is 0 Å². The highest BCUT2D eigenvalue weighted by Gasteiger charge is 2.25. The van der Waals surface area contributed by atoms with Crippen LogP contribution in [-0.2, 0) is 11.2 Å². The number of nitrogens with one attached hydrogen (secondary N) is 1. The third-order valence-corrected chi connectivity index (χ3v) is 4.24. The number of hydrogen-bond acceptors (Lipinski definition) is 4. The monoisotopic (exact) mass is 293 g/mol. The van der Waals surface area contributed by atoms with Gasteiger partial charge in [-0.15, -0.1) is 0 Å². The number of methoxy groups -OCH3 is 2. The van der Waals surface area contributed by atoms with Crippen molar-refractivity contribution in [1.82, 2.24) is 5.32 Å². The van der Waals surface area contributed by atoms with Gasteiger partial charge in [0.05, 0.1) is 12.7 Å². The Labute approximate surface area is 127 Å². The highest BCUT2D eigenvalue weighted by Crippen LogP contribution is 2.32. The molecule has 0 radical (unpaired) electrons. The van der Waals surface area contributed by atoms with Crippen molar-refractivity contribution in [2.75, 3.05) is 27.4 Å². The van der Waals surface area contributed by atoms with Crippen LogP contribution in [-0.4, -0.2) is 38.1 Å². The maximum atomic E-state index is 10.3. The predicted molar refractivity (Wildman–Crippen MR) is 83.8 cm³/mol. The molecule has 0 amide bonds. The third-order valence-electron chi connectivity index (χ3n) is 4.24. The Morgan fingerprint density at radius 3 is 2.90 bits per heavy atom. The van der Waals surface area contributed by atoms with Crippen LogP contribution in [0.5, 0.6) is 5.75 Å². The molecule has 4 heteroatoms. The second-order valence-corrected chi connectivity index (χ2v) is 6.13. The third kappa shape index (κ3) is 4.43. The van der Waals surface area contributed by atoms with Gasteiger partial charge in [-0.1, -0.05) is 6.07 Å². The smallest absolute Gasteiger partial charge is 0.119 e. The van der Waals surface area contributed by atoms with E-state index in [-0.39, 0.29) is 0 Å². The van der Waals surface area contributed by atoms with Gasteiger partial charge in [0.1, 0.15) is 5.75 Å². The van der Waals surface area contributed by atoms with Crippen molar-refractivity contribution in [1.29, 1.82) is 0 Å². The Balaban J connectivity index is 2.00. The minimum absolute atomic E-state index is 0.314. The molecule has 1 aromatic rings. The first-order valence-electron chi connectivity index (χ1n) is 7.67. The zero-order valence-corrected chi connectivity index (χ0v) is 13.3. The van der Waals surface area contributed by atoms with E-state index in [1.54, 1.807) is 14.2 Å². The Bertz CT molecular complexity index is 459. The fourth-order valence-corrected chi connectivity index (χ4v) is 2.88. The minimum Gasteiger partial charge on any atom is -0.497 e. The number of ether oxygens (including phenoxy) is 2. The van der Waals surface area contributed by atoms with E-state index < -0.39 is 5.60 Å². The maximum Gasteiger partial charge on any atom is 0.119 e. The topological polar surface area (TPSA) is 50.7 Å². The van der Waals surface area contributed by atoms with Crippen molar-refractivity contribution in [2.45, 2.75) is 44.2 Å². The average molecular weight is 293 g/mol. The van der Waals surface area contributed by atoms with E-state index in [2.05, 4.69) is 17.4 Å². The molecular formula is C17H27NO3. The first-order chi connectivity index (χ1) is 10.1. The van der Waals surface area contributed by atoms with Crippen LogP contribution in [0, 0.1) is 0 Å². The summed E-state index contributed by atoms with van der Waals surface area (Å²) in [5, 5.41) is 13.9. The highest BCUT2D eigenvalue weighted by atomic mass is 16.5. The number of fused-ring (bicyclic) bond motifs is 1. The lowest BCUT2D eigenvalue weighted by Gasteiger charge is -2.31. The number of hydrogen-bond donors (Lipinski definition) is 2.